The Balaban J connectivity index is 1.93. The highest BCUT2D eigenvalue weighted by atomic mass is 32.1. The van der Waals surface area contributed by atoms with E-state index >= 15 is 0 Å². The fraction of sp³-hybridized carbons (Fsp3) is 0.667. The quantitative estimate of drug-likeness (QED) is 0.921. The molecule has 2 aromatic rings. The first-order valence-electron chi connectivity index (χ1n) is 7.70. The molecule has 0 saturated carbocycles. The van der Waals surface area contributed by atoms with Crippen LogP contribution in [-0.2, 0) is 11.2 Å². The number of aromatic nitrogens is 2. The molecule has 0 spiro atoms. The molecule has 2 aromatic heterocycles. The fourth-order valence-electron chi connectivity index (χ4n) is 2.98. The van der Waals surface area contributed by atoms with Gasteiger partial charge in [-0.25, -0.2) is 4.98 Å². The van der Waals surface area contributed by atoms with Gasteiger partial charge in [0, 0.05) is 44.2 Å². The van der Waals surface area contributed by atoms with Crippen LogP contribution in [0.3, 0.4) is 0 Å². The topological polar surface area (TPSA) is 55.8 Å². The Morgan fingerprint density at radius 1 is 1.57 bits per heavy atom. The number of hydrogen-bond donors (Lipinski definition) is 1. The summed E-state index contributed by atoms with van der Waals surface area (Å²) >= 11 is 1.68. The van der Waals surface area contributed by atoms with Gasteiger partial charge in [-0.05, 0) is 19.3 Å². The first-order chi connectivity index (χ1) is 10.2. The van der Waals surface area contributed by atoms with Crippen LogP contribution in [0.2, 0.25) is 0 Å². The first-order valence-corrected chi connectivity index (χ1v) is 8.58. The maximum atomic E-state index is 6.19. The van der Waals surface area contributed by atoms with Gasteiger partial charge in [-0.2, -0.15) is 0 Å². The van der Waals surface area contributed by atoms with Gasteiger partial charge in [0.15, 0.2) is 10.8 Å². The van der Waals surface area contributed by atoms with E-state index in [-0.39, 0.29) is 6.04 Å². The van der Waals surface area contributed by atoms with E-state index in [0.717, 1.165) is 49.6 Å². The van der Waals surface area contributed by atoms with Crippen molar-refractivity contribution >= 4 is 22.1 Å². The molecule has 0 aliphatic carbocycles. The molecule has 2 N–H and O–H groups in total. The highest BCUT2D eigenvalue weighted by Gasteiger charge is 2.25. The third kappa shape index (κ3) is 2.93. The lowest BCUT2D eigenvalue weighted by atomic mass is 10.1. The molecule has 2 unspecified atom stereocenters. The number of nitrogens with two attached hydrogens (primary N) is 1. The summed E-state index contributed by atoms with van der Waals surface area (Å²) in [5.74, 6) is 1.10. The zero-order valence-corrected chi connectivity index (χ0v) is 13.6. The van der Waals surface area contributed by atoms with Gasteiger partial charge in [-0.3, -0.25) is 4.40 Å². The molecule has 0 aromatic carbocycles. The van der Waals surface area contributed by atoms with Crippen LogP contribution < -0.4 is 10.6 Å². The molecule has 0 bridgehead atoms. The number of piperidine rings is 1. The molecule has 0 radical (unpaired) electrons. The Labute approximate surface area is 129 Å². The van der Waals surface area contributed by atoms with Crippen molar-refractivity contribution in [2.75, 3.05) is 25.1 Å². The van der Waals surface area contributed by atoms with Crippen molar-refractivity contribution in [2.45, 2.75) is 44.8 Å². The average Bonchev–Trinajstić information content (AvgIpc) is 3.09. The summed E-state index contributed by atoms with van der Waals surface area (Å²) in [6.07, 6.45) is 6.56. The SMILES string of the molecule is CCC(N)Cc1c(N2CCCC(OC)C2)nc2sccn12. The van der Waals surface area contributed by atoms with Crippen molar-refractivity contribution in [3.8, 4) is 0 Å². The van der Waals surface area contributed by atoms with E-state index < -0.39 is 0 Å². The lowest BCUT2D eigenvalue weighted by Crippen LogP contribution is -2.40. The van der Waals surface area contributed by atoms with Gasteiger partial charge in [0.1, 0.15) is 0 Å². The van der Waals surface area contributed by atoms with Crippen molar-refractivity contribution in [1.82, 2.24) is 9.38 Å². The predicted molar refractivity (Wildman–Crippen MR) is 87.3 cm³/mol. The number of methoxy groups -OCH3 is 1. The van der Waals surface area contributed by atoms with Crippen molar-refractivity contribution in [3.05, 3.63) is 17.3 Å². The molecule has 2 atom stereocenters. The van der Waals surface area contributed by atoms with Gasteiger partial charge in [-0.1, -0.05) is 6.92 Å². The summed E-state index contributed by atoms with van der Waals surface area (Å²) in [4.78, 5) is 8.28. The molecule has 116 valence electrons. The van der Waals surface area contributed by atoms with E-state index in [1.165, 1.54) is 5.69 Å². The van der Waals surface area contributed by atoms with Gasteiger partial charge in [0.25, 0.3) is 0 Å². The predicted octanol–water partition coefficient (Wildman–Crippen LogP) is 2.29. The highest BCUT2D eigenvalue weighted by molar-refractivity contribution is 7.15. The smallest absolute Gasteiger partial charge is 0.195 e. The monoisotopic (exact) mass is 308 g/mol. The molecule has 21 heavy (non-hydrogen) atoms. The number of fused-ring (bicyclic) bond motifs is 1. The molecule has 1 fully saturated rings. The van der Waals surface area contributed by atoms with Gasteiger partial charge in [0.05, 0.1) is 11.8 Å². The van der Waals surface area contributed by atoms with Gasteiger partial charge >= 0.3 is 0 Å². The molecule has 6 heteroatoms. The minimum atomic E-state index is 0.187. The normalized spacial score (nSPS) is 21.1. The second-order valence-electron chi connectivity index (χ2n) is 5.76. The van der Waals surface area contributed by atoms with Crippen molar-refractivity contribution in [2.24, 2.45) is 5.73 Å². The number of thiazole rings is 1. The van der Waals surface area contributed by atoms with E-state index in [4.69, 9.17) is 15.5 Å². The lowest BCUT2D eigenvalue weighted by Gasteiger charge is -2.33. The second kappa shape index (κ2) is 6.34. The number of ether oxygens (including phenoxy) is 1. The molecule has 1 aliphatic heterocycles. The Morgan fingerprint density at radius 2 is 2.43 bits per heavy atom. The molecule has 5 nitrogen and oxygen atoms in total. The maximum Gasteiger partial charge on any atom is 0.195 e. The largest absolute Gasteiger partial charge is 0.380 e. The molecule has 0 amide bonds. The van der Waals surface area contributed by atoms with Crippen LogP contribution in [0, 0.1) is 0 Å². The van der Waals surface area contributed by atoms with Crippen molar-refractivity contribution in [3.63, 3.8) is 0 Å². The zero-order valence-electron chi connectivity index (χ0n) is 12.8. The van der Waals surface area contributed by atoms with Crippen LogP contribution in [0.5, 0.6) is 0 Å². The molecule has 1 aliphatic rings. The van der Waals surface area contributed by atoms with Crippen molar-refractivity contribution < 1.29 is 4.74 Å². The van der Waals surface area contributed by atoms with Crippen LogP contribution in [-0.4, -0.2) is 41.7 Å². The number of hydrogen-bond acceptors (Lipinski definition) is 5. The van der Waals surface area contributed by atoms with Gasteiger partial charge in [-0.15, -0.1) is 11.3 Å². The summed E-state index contributed by atoms with van der Waals surface area (Å²) in [7, 11) is 1.80. The summed E-state index contributed by atoms with van der Waals surface area (Å²) < 4.78 is 7.74. The minimum Gasteiger partial charge on any atom is -0.380 e. The maximum absolute atomic E-state index is 6.19. The number of rotatable bonds is 5. The zero-order chi connectivity index (χ0) is 14.8. The molecular weight excluding hydrogens is 284 g/mol. The Morgan fingerprint density at radius 3 is 3.19 bits per heavy atom. The number of imidazole rings is 1. The van der Waals surface area contributed by atoms with Crippen LogP contribution >= 0.6 is 11.3 Å². The van der Waals surface area contributed by atoms with E-state index in [1.54, 1.807) is 18.4 Å². The molecule has 3 heterocycles. The highest BCUT2D eigenvalue weighted by Crippen LogP contribution is 2.28. The first kappa shape index (κ1) is 14.8. The Bertz CT molecular complexity index is 594. The minimum absolute atomic E-state index is 0.187. The van der Waals surface area contributed by atoms with Crippen molar-refractivity contribution in [1.29, 1.82) is 0 Å². The standard InChI is InChI=1S/C15H24N4OS/c1-3-11(16)9-13-14(17-15-19(13)7-8-21-15)18-6-4-5-12(10-18)20-2/h7-8,11-12H,3-6,9-10,16H2,1-2H3. The average molecular weight is 308 g/mol. The third-order valence-electron chi connectivity index (χ3n) is 4.33. The molecular formula is C15H24N4OS. The van der Waals surface area contributed by atoms with E-state index in [9.17, 15) is 0 Å². The summed E-state index contributed by atoms with van der Waals surface area (Å²) in [6, 6.07) is 0.187. The molecule has 3 rings (SSSR count). The third-order valence-corrected chi connectivity index (χ3v) is 5.09. The van der Waals surface area contributed by atoms with Gasteiger partial charge < -0.3 is 15.4 Å². The summed E-state index contributed by atoms with van der Waals surface area (Å²) in [5.41, 5.74) is 7.44. The fourth-order valence-corrected chi connectivity index (χ4v) is 3.71. The van der Waals surface area contributed by atoms with Crippen LogP contribution in [0.25, 0.3) is 4.96 Å². The summed E-state index contributed by atoms with van der Waals surface area (Å²) in [6.45, 7) is 4.12. The van der Waals surface area contributed by atoms with Gasteiger partial charge in [0.2, 0.25) is 0 Å². The molecule has 1 saturated heterocycles. The van der Waals surface area contributed by atoms with Crippen LogP contribution in [0.15, 0.2) is 11.6 Å². The van der Waals surface area contributed by atoms with Crippen LogP contribution in [0.1, 0.15) is 31.9 Å². The van der Waals surface area contributed by atoms with E-state index in [0.29, 0.717) is 6.10 Å². The Hall–Kier alpha value is -1.11. The van der Waals surface area contributed by atoms with Crippen LogP contribution in [0.4, 0.5) is 5.82 Å². The number of nitrogens with zero attached hydrogens (tertiary/aromatic N) is 3. The second-order valence-corrected chi connectivity index (χ2v) is 6.63. The summed E-state index contributed by atoms with van der Waals surface area (Å²) in [5, 5.41) is 2.08. The van der Waals surface area contributed by atoms with E-state index in [1.807, 2.05) is 0 Å². The number of anilines is 1. The lowest BCUT2D eigenvalue weighted by molar-refractivity contribution is 0.0891. The van der Waals surface area contributed by atoms with E-state index in [2.05, 4.69) is 27.8 Å². The Kier molecular flexibility index (Phi) is 4.47.